The zero-order chi connectivity index (χ0) is 13.7. The summed E-state index contributed by atoms with van der Waals surface area (Å²) >= 11 is 0. The summed E-state index contributed by atoms with van der Waals surface area (Å²) in [4.78, 5) is 7.11. The molecule has 1 aromatic heterocycles. The van der Waals surface area contributed by atoms with Crippen molar-refractivity contribution in [2.24, 2.45) is 0 Å². The van der Waals surface area contributed by atoms with Gasteiger partial charge in [-0.15, -0.1) is 0 Å². The van der Waals surface area contributed by atoms with Crippen LogP contribution in [0.3, 0.4) is 0 Å². The molecule has 4 heteroatoms. The second kappa shape index (κ2) is 7.06. The summed E-state index contributed by atoms with van der Waals surface area (Å²) in [6.07, 6.45) is 5.95. The standard InChI is InChI=1S/C15H28N4/c1-4-7-15-17-13-12-16-9-8-14(13)19(15)11-6-5-10-18(2)3/h16H,4-12H2,1-3H3. The second-order valence-corrected chi connectivity index (χ2v) is 5.76. The van der Waals surface area contributed by atoms with E-state index in [0.29, 0.717) is 0 Å². The van der Waals surface area contributed by atoms with Gasteiger partial charge in [0.05, 0.1) is 5.69 Å². The van der Waals surface area contributed by atoms with Crippen molar-refractivity contribution in [2.45, 2.75) is 52.1 Å². The van der Waals surface area contributed by atoms with E-state index in [4.69, 9.17) is 4.98 Å². The molecule has 2 rings (SSSR count). The van der Waals surface area contributed by atoms with Crippen LogP contribution >= 0.6 is 0 Å². The van der Waals surface area contributed by atoms with Crippen LogP contribution in [0.4, 0.5) is 0 Å². The Balaban J connectivity index is 2.01. The van der Waals surface area contributed by atoms with Crippen molar-refractivity contribution in [3.05, 3.63) is 17.2 Å². The minimum Gasteiger partial charge on any atom is -0.332 e. The molecule has 0 aromatic carbocycles. The van der Waals surface area contributed by atoms with Gasteiger partial charge in [0.25, 0.3) is 0 Å². The van der Waals surface area contributed by atoms with Crippen LogP contribution < -0.4 is 5.32 Å². The van der Waals surface area contributed by atoms with E-state index in [2.05, 4.69) is 35.8 Å². The largest absolute Gasteiger partial charge is 0.332 e. The van der Waals surface area contributed by atoms with E-state index in [1.807, 2.05) is 0 Å². The van der Waals surface area contributed by atoms with Crippen molar-refractivity contribution in [3.8, 4) is 0 Å². The monoisotopic (exact) mass is 264 g/mol. The molecule has 0 unspecified atom stereocenters. The maximum Gasteiger partial charge on any atom is 0.109 e. The number of aromatic nitrogens is 2. The molecule has 1 aromatic rings. The van der Waals surface area contributed by atoms with Gasteiger partial charge in [-0.3, -0.25) is 0 Å². The third-order valence-corrected chi connectivity index (χ3v) is 3.78. The smallest absolute Gasteiger partial charge is 0.109 e. The molecular weight excluding hydrogens is 236 g/mol. The van der Waals surface area contributed by atoms with Gasteiger partial charge >= 0.3 is 0 Å². The van der Waals surface area contributed by atoms with Gasteiger partial charge in [0, 0.05) is 38.2 Å². The summed E-state index contributed by atoms with van der Waals surface area (Å²) in [5.74, 6) is 1.31. The fraction of sp³-hybridized carbons (Fsp3) is 0.800. The zero-order valence-corrected chi connectivity index (χ0v) is 12.7. The van der Waals surface area contributed by atoms with Crippen LogP contribution in [-0.2, 0) is 25.9 Å². The minimum absolute atomic E-state index is 0.955. The molecule has 1 N–H and O–H groups in total. The number of hydrogen-bond donors (Lipinski definition) is 1. The highest BCUT2D eigenvalue weighted by molar-refractivity contribution is 5.20. The van der Waals surface area contributed by atoms with Crippen molar-refractivity contribution < 1.29 is 0 Å². The predicted molar refractivity (Wildman–Crippen MR) is 79.4 cm³/mol. The van der Waals surface area contributed by atoms with Crippen LogP contribution in [0, 0.1) is 0 Å². The van der Waals surface area contributed by atoms with Crippen LogP contribution in [-0.4, -0.2) is 41.6 Å². The summed E-state index contributed by atoms with van der Waals surface area (Å²) in [6.45, 7) is 6.62. The van der Waals surface area contributed by atoms with Crippen molar-refractivity contribution >= 4 is 0 Å². The molecule has 0 atom stereocenters. The van der Waals surface area contributed by atoms with Crippen molar-refractivity contribution in [1.29, 1.82) is 0 Å². The van der Waals surface area contributed by atoms with E-state index < -0.39 is 0 Å². The Hall–Kier alpha value is -0.870. The zero-order valence-electron chi connectivity index (χ0n) is 12.7. The number of unbranched alkanes of at least 4 members (excludes halogenated alkanes) is 1. The Kier molecular flexibility index (Phi) is 5.40. The highest BCUT2D eigenvalue weighted by Crippen LogP contribution is 2.18. The summed E-state index contributed by atoms with van der Waals surface area (Å²) in [5.41, 5.74) is 2.79. The van der Waals surface area contributed by atoms with Crippen molar-refractivity contribution in [3.63, 3.8) is 0 Å². The number of nitrogens with zero attached hydrogens (tertiary/aromatic N) is 3. The van der Waals surface area contributed by atoms with Crippen LogP contribution in [0.2, 0.25) is 0 Å². The van der Waals surface area contributed by atoms with Gasteiger partial charge < -0.3 is 14.8 Å². The van der Waals surface area contributed by atoms with E-state index in [1.165, 1.54) is 43.0 Å². The molecule has 0 spiro atoms. The van der Waals surface area contributed by atoms with E-state index in [-0.39, 0.29) is 0 Å². The molecular formula is C15H28N4. The summed E-state index contributed by atoms with van der Waals surface area (Å²) in [5, 5.41) is 3.42. The first kappa shape index (κ1) is 14.5. The fourth-order valence-corrected chi connectivity index (χ4v) is 2.80. The predicted octanol–water partition coefficient (Wildman–Crippen LogP) is 1.82. The van der Waals surface area contributed by atoms with E-state index >= 15 is 0 Å². The van der Waals surface area contributed by atoms with E-state index in [1.54, 1.807) is 0 Å². The summed E-state index contributed by atoms with van der Waals surface area (Å²) in [7, 11) is 4.29. The Morgan fingerprint density at radius 3 is 2.89 bits per heavy atom. The van der Waals surface area contributed by atoms with Crippen LogP contribution in [0.15, 0.2) is 0 Å². The molecule has 0 saturated heterocycles. The van der Waals surface area contributed by atoms with E-state index in [9.17, 15) is 0 Å². The highest BCUT2D eigenvalue weighted by atomic mass is 15.1. The Labute approximate surface area is 117 Å². The number of imidazole rings is 1. The topological polar surface area (TPSA) is 33.1 Å². The molecule has 0 bridgehead atoms. The fourth-order valence-electron chi connectivity index (χ4n) is 2.80. The molecule has 108 valence electrons. The number of hydrogen-bond acceptors (Lipinski definition) is 3. The van der Waals surface area contributed by atoms with Gasteiger partial charge in [0.2, 0.25) is 0 Å². The van der Waals surface area contributed by atoms with Gasteiger partial charge in [-0.1, -0.05) is 6.92 Å². The molecule has 2 heterocycles. The maximum absolute atomic E-state index is 4.84. The number of rotatable bonds is 7. The normalized spacial score (nSPS) is 14.9. The summed E-state index contributed by atoms with van der Waals surface area (Å²) in [6, 6.07) is 0. The average Bonchev–Trinajstić information content (AvgIpc) is 2.73. The number of aryl methyl sites for hydroxylation is 1. The van der Waals surface area contributed by atoms with E-state index in [0.717, 1.165) is 32.5 Å². The Bertz CT molecular complexity index is 395. The highest BCUT2D eigenvalue weighted by Gasteiger charge is 2.18. The molecule has 0 fully saturated rings. The molecule has 19 heavy (non-hydrogen) atoms. The molecule has 0 amide bonds. The molecule has 0 radical (unpaired) electrons. The first-order chi connectivity index (χ1) is 9.22. The van der Waals surface area contributed by atoms with Crippen LogP contribution in [0.5, 0.6) is 0 Å². The Morgan fingerprint density at radius 2 is 2.16 bits per heavy atom. The number of fused-ring (bicyclic) bond motifs is 1. The molecule has 0 aliphatic carbocycles. The molecule has 4 nitrogen and oxygen atoms in total. The first-order valence-electron chi connectivity index (χ1n) is 7.65. The van der Waals surface area contributed by atoms with Gasteiger partial charge in [0.15, 0.2) is 0 Å². The lowest BCUT2D eigenvalue weighted by Gasteiger charge is -2.16. The van der Waals surface area contributed by atoms with Gasteiger partial charge in [-0.2, -0.15) is 0 Å². The van der Waals surface area contributed by atoms with Crippen molar-refractivity contribution in [2.75, 3.05) is 27.2 Å². The molecule has 0 saturated carbocycles. The van der Waals surface area contributed by atoms with Crippen LogP contribution in [0.1, 0.15) is 43.4 Å². The lowest BCUT2D eigenvalue weighted by molar-refractivity contribution is 0.385. The first-order valence-corrected chi connectivity index (χ1v) is 7.65. The third kappa shape index (κ3) is 3.80. The third-order valence-electron chi connectivity index (χ3n) is 3.78. The maximum atomic E-state index is 4.84. The average molecular weight is 264 g/mol. The van der Waals surface area contributed by atoms with Gasteiger partial charge in [-0.05, 0) is 39.9 Å². The minimum atomic E-state index is 0.955. The van der Waals surface area contributed by atoms with Gasteiger partial charge in [0.1, 0.15) is 5.82 Å². The molecule has 1 aliphatic heterocycles. The quantitative estimate of drug-likeness (QED) is 0.763. The Morgan fingerprint density at radius 1 is 1.32 bits per heavy atom. The summed E-state index contributed by atoms with van der Waals surface area (Å²) < 4.78 is 2.51. The second-order valence-electron chi connectivity index (χ2n) is 5.76. The number of nitrogens with one attached hydrogen (secondary N) is 1. The molecule has 1 aliphatic rings. The SMILES string of the molecule is CCCc1nc2c(n1CCCCN(C)C)CCNC2. The lowest BCUT2D eigenvalue weighted by Crippen LogP contribution is -2.25. The van der Waals surface area contributed by atoms with Crippen LogP contribution in [0.25, 0.3) is 0 Å². The van der Waals surface area contributed by atoms with Gasteiger partial charge in [-0.25, -0.2) is 4.98 Å². The van der Waals surface area contributed by atoms with Crippen molar-refractivity contribution in [1.82, 2.24) is 19.8 Å². The lowest BCUT2D eigenvalue weighted by atomic mass is 10.2.